The molecule has 0 saturated heterocycles. The van der Waals surface area contributed by atoms with Gasteiger partial charge in [0.15, 0.2) is 0 Å². The molecule has 5 nitrogen and oxygen atoms in total. The summed E-state index contributed by atoms with van der Waals surface area (Å²) in [5.74, 6) is -0.447. The molecule has 0 amide bonds. The molecule has 17 heavy (non-hydrogen) atoms. The van der Waals surface area contributed by atoms with Crippen LogP contribution in [0.3, 0.4) is 0 Å². The smallest absolute Gasteiger partial charge is 0.338 e. The highest BCUT2D eigenvalue weighted by Gasteiger charge is 2.09. The molecule has 0 aliphatic rings. The van der Waals surface area contributed by atoms with E-state index in [0.717, 1.165) is 4.88 Å². The van der Waals surface area contributed by atoms with Crippen LogP contribution >= 0.6 is 11.3 Å². The highest BCUT2D eigenvalue weighted by atomic mass is 32.1. The van der Waals surface area contributed by atoms with E-state index in [2.05, 4.69) is 4.98 Å². The minimum absolute atomic E-state index is 0.207. The van der Waals surface area contributed by atoms with Gasteiger partial charge in [0.05, 0.1) is 16.0 Å². The Kier molecular flexibility index (Phi) is 3.24. The predicted molar refractivity (Wildman–Crippen MR) is 66.5 cm³/mol. The van der Waals surface area contributed by atoms with Gasteiger partial charge >= 0.3 is 5.97 Å². The van der Waals surface area contributed by atoms with Gasteiger partial charge in [-0.2, -0.15) is 0 Å². The van der Waals surface area contributed by atoms with Gasteiger partial charge in [-0.25, -0.2) is 4.79 Å². The van der Waals surface area contributed by atoms with Crippen LogP contribution in [0.5, 0.6) is 0 Å². The Balaban J connectivity index is 2.04. The molecule has 0 spiro atoms. The van der Waals surface area contributed by atoms with Gasteiger partial charge in [0, 0.05) is 17.6 Å². The van der Waals surface area contributed by atoms with Gasteiger partial charge < -0.3 is 16.2 Å². The van der Waals surface area contributed by atoms with Crippen LogP contribution in [0.25, 0.3) is 0 Å². The van der Waals surface area contributed by atoms with Crippen LogP contribution in [0.15, 0.2) is 29.9 Å². The van der Waals surface area contributed by atoms with Gasteiger partial charge in [-0.15, -0.1) is 11.3 Å². The number of hydrogen-bond acceptors (Lipinski definition) is 6. The van der Waals surface area contributed by atoms with Crippen LogP contribution in [0.1, 0.15) is 15.2 Å². The number of benzene rings is 1. The fourth-order valence-corrected chi connectivity index (χ4v) is 1.83. The molecule has 2 aromatic rings. The summed E-state index contributed by atoms with van der Waals surface area (Å²) < 4.78 is 5.10. The molecule has 0 bridgehead atoms. The van der Waals surface area contributed by atoms with Crippen molar-refractivity contribution in [3.63, 3.8) is 0 Å². The second kappa shape index (κ2) is 4.84. The van der Waals surface area contributed by atoms with Crippen molar-refractivity contribution in [1.82, 2.24) is 4.98 Å². The predicted octanol–water partition coefficient (Wildman–Crippen LogP) is 1.66. The molecule has 1 heterocycles. The van der Waals surface area contributed by atoms with Gasteiger partial charge in [-0.3, -0.25) is 4.98 Å². The average molecular weight is 249 g/mol. The zero-order valence-electron chi connectivity index (χ0n) is 8.92. The van der Waals surface area contributed by atoms with Crippen molar-refractivity contribution < 1.29 is 9.53 Å². The Labute approximate surface area is 102 Å². The van der Waals surface area contributed by atoms with Gasteiger partial charge in [0.1, 0.15) is 6.61 Å². The largest absolute Gasteiger partial charge is 0.456 e. The van der Waals surface area contributed by atoms with Crippen LogP contribution in [-0.2, 0) is 11.3 Å². The molecular weight excluding hydrogens is 238 g/mol. The fraction of sp³-hybridized carbons (Fsp3) is 0.0909. The molecule has 6 heteroatoms. The minimum atomic E-state index is -0.447. The van der Waals surface area contributed by atoms with E-state index in [-0.39, 0.29) is 6.61 Å². The molecule has 0 saturated carbocycles. The van der Waals surface area contributed by atoms with Crippen molar-refractivity contribution >= 4 is 28.7 Å². The fourth-order valence-electron chi connectivity index (χ4n) is 1.33. The lowest BCUT2D eigenvalue weighted by atomic mass is 10.2. The summed E-state index contributed by atoms with van der Waals surface area (Å²) in [6.45, 7) is 0.207. The highest BCUT2D eigenvalue weighted by molar-refractivity contribution is 7.09. The Bertz CT molecular complexity index is 505. The summed E-state index contributed by atoms with van der Waals surface area (Å²) in [5.41, 5.74) is 14.1. The molecule has 1 aromatic heterocycles. The van der Waals surface area contributed by atoms with E-state index in [9.17, 15) is 4.79 Å². The SMILES string of the molecule is Nc1cc(N)cc(C(=O)OCc2cncs2)c1. The molecule has 0 aliphatic carbocycles. The lowest BCUT2D eigenvalue weighted by molar-refractivity contribution is 0.0476. The van der Waals surface area contributed by atoms with Crippen molar-refractivity contribution in [2.24, 2.45) is 0 Å². The Morgan fingerprint density at radius 3 is 2.59 bits per heavy atom. The van der Waals surface area contributed by atoms with Gasteiger partial charge in [-0.05, 0) is 18.2 Å². The van der Waals surface area contributed by atoms with Gasteiger partial charge in [-0.1, -0.05) is 0 Å². The maximum absolute atomic E-state index is 11.7. The Hall–Kier alpha value is -2.08. The summed E-state index contributed by atoms with van der Waals surface area (Å²) in [7, 11) is 0. The van der Waals surface area contributed by atoms with E-state index >= 15 is 0 Å². The van der Waals surface area contributed by atoms with Gasteiger partial charge in [0.25, 0.3) is 0 Å². The molecule has 0 radical (unpaired) electrons. The summed E-state index contributed by atoms with van der Waals surface area (Å²) in [6.07, 6.45) is 1.66. The zero-order valence-corrected chi connectivity index (χ0v) is 9.74. The third kappa shape index (κ3) is 2.94. The number of ether oxygens (including phenoxy) is 1. The molecule has 2 rings (SSSR count). The normalized spacial score (nSPS) is 10.1. The quantitative estimate of drug-likeness (QED) is 0.637. The topological polar surface area (TPSA) is 91.2 Å². The summed E-state index contributed by atoms with van der Waals surface area (Å²) in [5, 5.41) is 0. The van der Waals surface area contributed by atoms with E-state index < -0.39 is 5.97 Å². The molecule has 88 valence electrons. The molecule has 0 fully saturated rings. The number of carbonyl (C=O) groups excluding carboxylic acids is 1. The number of aromatic nitrogens is 1. The number of nitrogen functional groups attached to an aromatic ring is 2. The number of esters is 1. The number of thiazole rings is 1. The molecular formula is C11H11N3O2S. The van der Waals surface area contributed by atoms with Crippen molar-refractivity contribution in [3.8, 4) is 0 Å². The summed E-state index contributed by atoms with van der Waals surface area (Å²) in [4.78, 5) is 16.5. The average Bonchev–Trinajstić information content (AvgIpc) is 2.77. The number of nitrogens with zero attached hydrogens (tertiary/aromatic N) is 1. The van der Waals surface area contributed by atoms with Crippen LogP contribution in [0, 0.1) is 0 Å². The second-order valence-electron chi connectivity index (χ2n) is 3.43. The van der Waals surface area contributed by atoms with E-state index in [4.69, 9.17) is 16.2 Å². The van der Waals surface area contributed by atoms with Crippen LogP contribution in [-0.4, -0.2) is 11.0 Å². The number of anilines is 2. The maximum Gasteiger partial charge on any atom is 0.338 e. The Morgan fingerprint density at radius 2 is 2.00 bits per heavy atom. The van der Waals surface area contributed by atoms with Crippen LogP contribution in [0.2, 0.25) is 0 Å². The minimum Gasteiger partial charge on any atom is -0.456 e. The van der Waals surface area contributed by atoms with Crippen molar-refractivity contribution in [1.29, 1.82) is 0 Å². The summed E-state index contributed by atoms with van der Waals surface area (Å²) in [6, 6.07) is 4.65. The third-order valence-corrected chi connectivity index (χ3v) is 2.80. The summed E-state index contributed by atoms with van der Waals surface area (Å²) >= 11 is 1.43. The van der Waals surface area contributed by atoms with Crippen LogP contribution < -0.4 is 11.5 Å². The standard InChI is InChI=1S/C11H11N3O2S/c12-8-1-7(2-9(13)3-8)11(15)16-5-10-4-14-6-17-10/h1-4,6H,5,12-13H2. The highest BCUT2D eigenvalue weighted by Crippen LogP contribution is 2.15. The number of nitrogens with two attached hydrogens (primary N) is 2. The molecule has 0 unspecified atom stereocenters. The van der Waals surface area contributed by atoms with E-state index in [1.807, 2.05) is 0 Å². The first-order valence-corrected chi connectivity index (χ1v) is 5.73. The van der Waals surface area contributed by atoms with Crippen molar-refractivity contribution in [2.75, 3.05) is 11.5 Å². The number of hydrogen-bond donors (Lipinski definition) is 2. The van der Waals surface area contributed by atoms with Crippen molar-refractivity contribution in [3.05, 3.63) is 40.3 Å². The van der Waals surface area contributed by atoms with Crippen LogP contribution in [0.4, 0.5) is 11.4 Å². The number of carbonyl (C=O) groups is 1. The second-order valence-corrected chi connectivity index (χ2v) is 4.40. The first-order valence-electron chi connectivity index (χ1n) is 4.85. The third-order valence-electron chi connectivity index (χ3n) is 2.04. The van der Waals surface area contributed by atoms with E-state index in [0.29, 0.717) is 16.9 Å². The monoisotopic (exact) mass is 249 g/mol. The van der Waals surface area contributed by atoms with Gasteiger partial charge in [0.2, 0.25) is 0 Å². The lowest BCUT2D eigenvalue weighted by Crippen LogP contribution is -2.06. The molecule has 4 N–H and O–H groups in total. The maximum atomic E-state index is 11.7. The number of rotatable bonds is 3. The molecule has 0 atom stereocenters. The molecule has 0 aliphatic heterocycles. The zero-order chi connectivity index (χ0) is 12.3. The lowest BCUT2D eigenvalue weighted by Gasteiger charge is -2.05. The first-order chi connectivity index (χ1) is 8.15. The van der Waals surface area contributed by atoms with E-state index in [1.54, 1.807) is 17.8 Å². The Morgan fingerprint density at radius 1 is 1.29 bits per heavy atom. The van der Waals surface area contributed by atoms with Crippen molar-refractivity contribution in [2.45, 2.75) is 6.61 Å². The molecule has 1 aromatic carbocycles. The first kappa shape index (κ1) is 11.4. The van der Waals surface area contributed by atoms with E-state index in [1.165, 1.54) is 23.5 Å².